The summed E-state index contributed by atoms with van der Waals surface area (Å²) in [5, 5.41) is 0. The molecule has 0 aliphatic carbocycles. The van der Waals surface area contributed by atoms with Gasteiger partial charge in [0.2, 0.25) is 5.78 Å². The first-order valence-corrected chi connectivity index (χ1v) is 6.71. The molecule has 0 atom stereocenters. The molecule has 16 heavy (non-hydrogen) atoms. The van der Waals surface area contributed by atoms with E-state index in [2.05, 4.69) is 22.9 Å². The molecule has 1 aromatic heterocycles. The van der Waals surface area contributed by atoms with Crippen LogP contribution in [0.25, 0.3) is 0 Å². The van der Waals surface area contributed by atoms with E-state index in [1.165, 1.54) is 11.3 Å². The highest BCUT2D eigenvalue weighted by Gasteiger charge is 2.13. The second-order valence-electron chi connectivity index (χ2n) is 3.44. The molecule has 0 N–H and O–H groups in total. The lowest BCUT2D eigenvalue weighted by Crippen LogP contribution is -2.02. The molecule has 0 fully saturated rings. The summed E-state index contributed by atoms with van der Waals surface area (Å²) in [6.45, 7) is 2.07. The van der Waals surface area contributed by atoms with Crippen molar-refractivity contribution >= 4 is 33.0 Å². The van der Waals surface area contributed by atoms with Crippen molar-refractivity contribution in [1.82, 2.24) is 0 Å². The summed E-state index contributed by atoms with van der Waals surface area (Å²) in [4.78, 5) is 13.0. The molecule has 0 aliphatic rings. The molecule has 0 saturated carbocycles. The van der Waals surface area contributed by atoms with Crippen molar-refractivity contribution in [1.29, 1.82) is 0 Å². The second kappa shape index (κ2) is 4.93. The maximum Gasteiger partial charge on any atom is 0.203 e. The van der Waals surface area contributed by atoms with Gasteiger partial charge in [-0.25, -0.2) is 0 Å². The molecule has 3 heteroatoms. The Bertz CT molecular complexity index is 516. The van der Waals surface area contributed by atoms with Crippen LogP contribution in [0.1, 0.15) is 27.7 Å². The van der Waals surface area contributed by atoms with Crippen LogP contribution in [0.5, 0.6) is 0 Å². The van der Waals surface area contributed by atoms with Crippen LogP contribution in [-0.2, 0) is 6.42 Å². The van der Waals surface area contributed by atoms with E-state index in [0.29, 0.717) is 0 Å². The van der Waals surface area contributed by atoms with Crippen molar-refractivity contribution in [3.05, 3.63) is 56.2 Å². The third-order valence-electron chi connectivity index (χ3n) is 2.44. The molecule has 0 unspecified atom stereocenters. The highest BCUT2D eigenvalue weighted by molar-refractivity contribution is 9.11. The Hall–Kier alpha value is -0.930. The average Bonchev–Trinajstić information content (AvgIpc) is 2.75. The van der Waals surface area contributed by atoms with Crippen molar-refractivity contribution in [2.45, 2.75) is 13.3 Å². The van der Waals surface area contributed by atoms with Gasteiger partial charge in [0, 0.05) is 5.56 Å². The molecule has 1 heterocycles. The molecule has 2 aromatic rings. The largest absolute Gasteiger partial charge is 0.288 e. The van der Waals surface area contributed by atoms with E-state index in [9.17, 15) is 4.79 Å². The van der Waals surface area contributed by atoms with E-state index >= 15 is 0 Å². The average molecular weight is 295 g/mol. The third kappa shape index (κ3) is 2.25. The Morgan fingerprint density at radius 2 is 2.00 bits per heavy atom. The minimum absolute atomic E-state index is 0.119. The summed E-state index contributed by atoms with van der Waals surface area (Å²) < 4.78 is 0.991. The van der Waals surface area contributed by atoms with E-state index in [-0.39, 0.29) is 5.78 Å². The number of thiophene rings is 1. The molecule has 0 amide bonds. The van der Waals surface area contributed by atoms with E-state index in [1.807, 2.05) is 36.4 Å². The van der Waals surface area contributed by atoms with Crippen LogP contribution >= 0.6 is 27.3 Å². The van der Waals surface area contributed by atoms with Crippen LogP contribution in [0.2, 0.25) is 0 Å². The van der Waals surface area contributed by atoms with Crippen molar-refractivity contribution in [3.63, 3.8) is 0 Å². The number of rotatable bonds is 3. The molecule has 0 radical (unpaired) electrons. The van der Waals surface area contributed by atoms with Gasteiger partial charge in [0.15, 0.2) is 0 Å². The van der Waals surface area contributed by atoms with Gasteiger partial charge in [0.1, 0.15) is 0 Å². The standard InChI is InChI=1S/C13H11BrOS/c1-2-9-5-3-4-6-10(9)13(15)11-7-8-12(14)16-11/h3-8H,2H2,1H3. The first-order chi connectivity index (χ1) is 7.72. The number of ketones is 1. The maximum atomic E-state index is 12.2. The Labute approximate surface area is 107 Å². The van der Waals surface area contributed by atoms with Crippen LogP contribution in [0.3, 0.4) is 0 Å². The zero-order valence-corrected chi connectivity index (χ0v) is 11.3. The molecule has 0 spiro atoms. The van der Waals surface area contributed by atoms with Gasteiger partial charge in [0.05, 0.1) is 8.66 Å². The monoisotopic (exact) mass is 294 g/mol. The van der Waals surface area contributed by atoms with Gasteiger partial charge in [-0.3, -0.25) is 4.79 Å². The summed E-state index contributed by atoms with van der Waals surface area (Å²) in [6.07, 6.45) is 0.883. The third-order valence-corrected chi connectivity index (χ3v) is 4.06. The van der Waals surface area contributed by atoms with Crippen LogP contribution in [0.15, 0.2) is 40.2 Å². The molecule has 1 aromatic carbocycles. The van der Waals surface area contributed by atoms with Crippen LogP contribution in [0.4, 0.5) is 0 Å². The van der Waals surface area contributed by atoms with Crippen molar-refractivity contribution in [3.8, 4) is 0 Å². The zero-order valence-electron chi connectivity index (χ0n) is 8.87. The van der Waals surface area contributed by atoms with E-state index in [0.717, 1.165) is 26.2 Å². The van der Waals surface area contributed by atoms with Gasteiger partial charge in [0.25, 0.3) is 0 Å². The van der Waals surface area contributed by atoms with Crippen LogP contribution in [-0.4, -0.2) is 5.78 Å². The topological polar surface area (TPSA) is 17.1 Å². The summed E-state index contributed by atoms with van der Waals surface area (Å²) in [5.74, 6) is 0.119. The molecule has 0 saturated heterocycles. The number of halogens is 1. The Kier molecular flexibility index (Phi) is 3.56. The van der Waals surface area contributed by atoms with E-state index in [1.54, 1.807) is 0 Å². The number of aryl methyl sites for hydroxylation is 1. The molecule has 1 nitrogen and oxygen atoms in total. The van der Waals surface area contributed by atoms with Crippen LogP contribution in [0, 0.1) is 0 Å². The highest BCUT2D eigenvalue weighted by Crippen LogP contribution is 2.25. The molecule has 0 aliphatic heterocycles. The Balaban J connectivity index is 2.41. The van der Waals surface area contributed by atoms with E-state index < -0.39 is 0 Å². The molecule has 82 valence electrons. The Morgan fingerprint density at radius 3 is 2.62 bits per heavy atom. The fraction of sp³-hybridized carbons (Fsp3) is 0.154. The number of benzene rings is 1. The van der Waals surface area contributed by atoms with Gasteiger partial charge >= 0.3 is 0 Å². The smallest absolute Gasteiger partial charge is 0.203 e. The lowest BCUT2D eigenvalue weighted by atomic mass is 10.0. The van der Waals surface area contributed by atoms with Gasteiger partial charge in [-0.1, -0.05) is 31.2 Å². The quantitative estimate of drug-likeness (QED) is 0.771. The minimum atomic E-state index is 0.119. The highest BCUT2D eigenvalue weighted by atomic mass is 79.9. The first-order valence-electron chi connectivity index (χ1n) is 5.10. The summed E-state index contributed by atoms with van der Waals surface area (Å²) >= 11 is 4.85. The number of carbonyl (C=O) groups is 1. The molecule has 2 rings (SSSR count). The lowest BCUT2D eigenvalue weighted by molar-refractivity contribution is 0.104. The van der Waals surface area contributed by atoms with Gasteiger partial charge in [-0.15, -0.1) is 11.3 Å². The van der Waals surface area contributed by atoms with Gasteiger partial charge < -0.3 is 0 Å². The number of hydrogen-bond acceptors (Lipinski definition) is 2. The summed E-state index contributed by atoms with van der Waals surface area (Å²) in [6, 6.07) is 11.6. The zero-order chi connectivity index (χ0) is 11.5. The first kappa shape index (κ1) is 11.6. The molecular formula is C13H11BrOS. The predicted molar refractivity (Wildman–Crippen MR) is 71.3 cm³/mol. The summed E-state index contributed by atoms with van der Waals surface area (Å²) in [5.41, 5.74) is 1.93. The molecule has 0 bridgehead atoms. The van der Waals surface area contributed by atoms with Gasteiger partial charge in [-0.05, 0) is 40.0 Å². The molecular weight excluding hydrogens is 284 g/mol. The lowest BCUT2D eigenvalue weighted by Gasteiger charge is -2.04. The fourth-order valence-electron chi connectivity index (χ4n) is 1.62. The predicted octanol–water partition coefficient (Wildman–Crippen LogP) is 4.30. The van der Waals surface area contributed by atoms with E-state index in [4.69, 9.17) is 0 Å². The number of carbonyl (C=O) groups excluding carboxylic acids is 1. The number of hydrogen-bond donors (Lipinski definition) is 0. The maximum absolute atomic E-state index is 12.2. The minimum Gasteiger partial charge on any atom is -0.288 e. The fourth-order valence-corrected chi connectivity index (χ4v) is 2.96. The van der Waals surface area contributed by atoms with Crippen molar-refractivity contribution in [2.24, 2.45) is 0 Å². The van der Waals surface area contributed by atoms with Crippen LogP contribution < -0.4 is 0 Å². The normalized spacial score (nSPS) is 10.4. The van der Waals surface area contributed by atoms with Gasteiger partial charge in [-0.2, -0.15) is 0 Å². The van der Waals surface area contributed by atoms with Crippen molar-refractivity contribution < 1.29 is 4.79 Å². The SMILES string of the molecule is CCc1ccccc1C(=O)c1ccc(Br)s1. The Morgan fingerprint density at radius 1 is 1.25 bits per heavy atom. The van der Waals surface area contributed by atoms with Crippen molar-refractivity contribution in [2.75, 3.05) is 0 Å². The second-order valence-corrected chi connectivity index (χ2v) is 5.91. The summed E-state index contributed by atoms with van der Waals surface area (Å²) in [7, 11) is 0.